The smallest absolute Gasteiger partial charge is 0.171 e. The summed E-state index contributed by atoms with van der Waals surface area (Å²) in [5, 5.41) is 21.6. The van der Waals surface area contributed by atoms with E-state index in [2.05, 4.69) is 74.5 Å². The first-order valence-electron chi connectivity index (χ1n) is 23.5. The van der Waals surface area contributed by atoms with Gasteiger partial charge in [-0.25, -0.2) is 0 Å². The van der Waals surface area contributed by atoms with Crippen molar-refractivity contribution in [3.8, 4) is 0 Å². The monoisotopic (exact) mass is 865 g/mol. The van der Waals surface area contributed by atoms with Gasteiger partial charge in [0.25, 0.3) is 0 Å². The van der Waals surface area contributed by atoms with Crippen molar-refractivity contribution in [3.05, 3.63) is 23.3 Å². The fraction of sp³-hybridized carbons (Fsp3) is 0.918. The summed E-state index contributed by atoms with van der Waals surface area (Å²) in [4.78, 5) is 0. The molecule has 1 spiro atoms. The maximum absolute atomic E-state index is 11.1. The number of hydrogen-bond acceptors (Lipinski definition) is 12. The Kier molecular flexibility index (Phi) is 15.5. The van der Waals surface area contributed by atoms with Crippen LogP contribution in [0, 0.1) is 28.1 Å². The Bertz CT molecular complexity index is 1530. The zero-order valence-corrected chi connectivity index (χ0v) is 40.4. The molecule has 18 atom stereocenters. The lowest BCUT2D eigenvalue weighted by Crippen LogP contribution is -2.59. The minimum Gasteiger partial charge on any atom is -0.388 e. The van der Waals surface area contributed by atoms with E-state index in [0.717, 1.165) is 36.8 Å². The lowest BCUT2D eigenvalue weighted by Gasteiger charge is -2.53. The molecule has 12 heteroatoms. The zero-order chi connectivity index (χ0) is 44.9. The number of rotatable bonds is 13. The van der Waals surface area contributed by atoms with Crippen molar-refractivity contribution in [2.75, 3.05) is 27.4 Å². The van der Waals surface area contributed by atoms with E-state index in [9.17, 15) is 10.2 Å². The van der Waals surface area contributed by atoms with Gasteiger partial charge in [-0.2, -0.15) is 0 Å². The van der Waals surface area contributed by atoms with Crippen LogP contribution in [0.25, 0.3) is 0 Å². The SMILES string of the molecule is CO[C@H]1C[C@@](C)(O[C@@H]2[C@H](C)O[C@@H](O[C@@H](/C(C)=C/C[C@@H]3C[C@H](OC[C@@]4(C)C=C(C)[C@@H](O)C5OCC[C@@]54C)C[C@]4(CC[C@@H](C)[C@H](C(C)(C)C)O4)O3)C(C)C)C[C@@H]2OC)O[C@@H](C)[C@H]1O. The molecule has 1 aliphatic carbocycles. The summed E-state index contributed by atoms with van der Waals surface area (Å²) in [6.07, 6.45) is 5.97. The second-order valence-electron chi connectivity index (χ2n) is 21.9. The van der Waals surface area contributed by atoms with Gasteiger partial charge in [0, 0.05) is 63.8 Å². The topological polar surface area (TPSA) is 133 Å². The molecule has 6 aliphatic rings. The number of fused-ring (bicyclic) bond motifs is 1. The summed E-state index contributed by atoms with van der Waals surface area (Å²) in [5.41, 5.74) is 1.52. The highest BCUT2D eigenvalue weighted by molar-refractivity contribution is 5.26. The average molecular weight is 865 g/mol. The molecular formula is C49H84O12. The second-order valence-corrected chi connectivity index (χ2v) is 21.9. The summed E-state index contributed by atoms with van der Waals surface area (Å²) in [6.45, 7) is 29.0. The third kappa shape index (κ3) is 10.5. The Morgan fingerprint density at radius 1 is 0.951 bits per heavy atom. The van der Waals surface area contributed by atoms with Crippen LogP contribution in [0.4, 0.5) is 0 Å². The van der Waals surface area contributed by atoms with Gasteiger partial charge in [-0.1, -0.05) is 67.5 Å². The van der Waals surface area contributed by atoms with Gasteiger partial charge in [0.1, 0.15) is 18.3 Å². The molecule has 0 radical (unpaired) electrons. The fourth-order valence-electron chi connectivity index (χ4n) is 11.7. The van der Waals surface area contributed by atoms with E-state index in [1.165, 1.54) is 0 Å². The van der Waals surface area contributed by atoms with Gasteiger partial charge in [-0.15, -0.1) is 0 Å². The van der Waals surface area contributed by atoms with Crippen LogP contribution in [0.3, 0.4) is 0 Å². The number of aliphatic hydroxyl groups excluding tert-OH is 2. The summed E-state index contributed by atoms with van der Waals surface area (Å²) in [5.74, 6) is -1.11. The Hall–Kier alpha value is -1.00. The minimum atomic E-state index is -0.982. The quantitative estimate of drug-likeness (QED) is 0.174. The number of aliphatic hydroxyl groups is 2. The Morgan fingerprint density at radius 3 is 2.31 bits per heavy atom. The molecule has 5 saturated heterocycles. The highest BCUT2D eigenvalue weighted by atomic mass is 16.7. The number of hydrogen-bond donors (Lipinski definition) is 2. The second kappa shape index (κ2) is 19.1. The predicted molar refractivity (Wildman–Crippen MR) is 233 cm³/mol. The Balaban J connectivity index is 1.15. The van der Waals surface area contributed by atoms with E-state index in [1.807, 2.05) is 27.7 Å². The van der Waals surface area contributed by atoms with Gasteiger partial charge in [0.2, 0.25) is 0 Å². The lowest BCUT2D eigenvalue weighted by atomic mass is 9.57. The molecule has 0 bridgehead atoms. The van der Waals surface area contributed by atoms with Gasteiger partial charge < -0.3 is 57.6 Å². The van der Waals surface area contributed by atoms with E-state index in [-0.39, 0.29) is 64.9 Å². The predicted octanol–water partition coefficient (Wildman–Crippen LogP) is 8.04. The molecule has 5 aliphatic heterocycles. The summed E-state index contributed by atoms with van der Waals surface area (Å²) >= 11 is 0. The largest absolute Gasteiger partial charge is 0.388 e. The Morgan fingerprint density at radius 2 is 1.66 bits per heavy atom. The molecule has 0 saturated carbocycles. The zero-order valence-electron chi connectivity index (χ0n) is 40.4. The third-order valence-corrected chi connectivity index (χ3v) is 15.4. The summed E-state index contributed by atoms with van der Waals surface area (Å²) < 4.78 is 65.2. The van der Waals surface area contributed by atoms with Crippen LogP contribution in [0.15, 0.2) is 23.3 Å². The van der Waals surface area contributed by atoms with E-state index in [1.54, 1.807) is 14.2 Å². The van der Waals surface area contributed by atoms with Crippen LogP contribution in [0.1, 0.15) is 141 Å². The van der Waals surface area contributed by atoms with Gasteiger partial charge >= 0.3 is 0 Å². The molecule has 0 aromatic carbocycles. The highest BCUT2D eigenvalue weighted by Crippen LogP contribution is 2.56. The van der Waals surface area contributed by atoms with Crippen molar-refractivity contribution < 1.29 is 57.6 Å². The van der Waals surface area contributed by atoms with E-state index >= 15 is 0 Å². The average Bonchev–Trinajstić information content (AvgIpc) is 3.60. The van der Waals surface area contributed by atoms with Gasteiger partial charge in [0.05, 0.1) is 61.5 Å². The van der Waals surface area contributed by atoms with Crippen LogP contribution in [-0.4, -0.2) is 129 Å². The van der Waals surface area contributed by atoms with E-state index in [4.69, 9.17) is 47.4 Å². The van der Waals surface area contributed by atoms with Crippen molar-refractivity contribution in [3.63, 3.8) is 0 Å². The first kappa shape index (κ1) is 49.4. The number of ether oxygens (including phenoxy) is 10. The summed E-state index contributed by atoms with van der Waals surface area (Å²) in [7, 11) is 3.30. The molecular weight excluding hydrogens is 781 g/mol. The Labute approximate surface area is 368 Å². The van der Waals surface area contributed by atoms with Gasteiger partial charge in [0.15, 0.2) is 17.9 Å². The van der Waals surface area contributed by atoms with E-state index in [0.29, 0.717) is 44.8 Å². The molecule has 0 amide bonds. The minimum absolute atomic E-state index is 0.0356. The normalized spacial score (nSPS) is 46.8. The van der Waals surface area contributed by atoms with Crippen molar-refractivity contribution in [1.29, 1.82) is 0 Å². The fourth-order valence-corrected chi connectivity index (χ4v) is 11.7. The molecule has 1 unspecified atom stereocenters. The number of methoxy groups -OCH3 is 2. The van der Waals surface area contributed by atoms with Crippen LogP contribution < -0.4 is 0 Å². The highest BCUT2D eigenvalue weighted by Gasteiger charge is 2.58. The molecule has 61 heavy (non-hydrogen) atoms. The van der Waals surface area contributed by atoms with E-state index < -0.39 is 48.4 Å². The van der Waals surface area contributed by atoms with Crippen molar-refractivity contribution in [2.45, 2.75) is 232 Å². The molecule has 5 heterocycles. The molecule has 12 nitrogen and oxygen atoms in total. The molecule has 6 rings (SSSR count). The standard InChI is InChI=1S/C49H84O12/c1-28(2)41(57-38-23-36(52-14)42(33(7)56-38)60-48(13)26-37(53-15)40(51)32(6)58-48)29(3)16-17-34-22-35(25-49(59-34)19-18-30(4)43(61-49)45(8,9)10)55-27-46(11)24-31(5)39(50)44-47(46,12)20-21-54-44/h16,24,28,30,32-44,50-51H,17-23,25-27H2,1-15H3/b29-16+/t30-,32+,33+,34-,35+,36+,37+,38+,39-,40-,41-,42-,43-,44?,46-,47+,48-,49-/m1/s1. The maximum atomic E-state index is 11.1. The van der Waals surface area contributed by atoms with Gasteiger partial charge in [-0.3, -0.25) is 0 Å². The molecule has 352 valence electrons. The van der Waals surface area contributed by atoms with Crippen LogP contribution in [-0.2, 0) is 47.4 Å². The van der Waals surface area contributed by atoms with Crippen molar-refractivity contribution in [1.82, 2.24) is 0 Å². The van der Waals surface area contributed by atoms with Crippen molar-refractivity contribution in [2.24, 2.45) is 28.1 Å². The first-order valence-corrected chi connectivity index (χ1v) is 23.5. The molecule has 5 fully saturated rings. The molecule has 0 aromatic rings. The van der Waals surface area contributed by atoms with Gasteiger partial charge in [-0.05, 0) is 82.3 Å². The van der Waals surface area contributed by atoms with Crippen LogP contribution >= 0.6 is 0 Å². The van der Waals surface area contributed by atoms with Crippen LogP contribution in [0.5, 0.6) is 0 Å². The summed E-state index contributed by atoms with van der Waals surface area (Å²) in [6, 6.07) is 0. The first-order chi connectivity index (χ1) is 28.5. The molecule has 0 aromatic heterocycles. The molecule has 2 N–H and O–H groups in total. The van der Waals surface area contributed by atoms with Crippen LogP contribution in [0.2, 0.25) is 0 Å². The third-order valence-electron chi connectivity index (χ3n) is 15.4. The maximum Gasteiger partial charge on any atom is 0.171 e. The lowest BCUT2D eigenvalue weighted by molar-refractivity contribution is -0.358. The van der Waals surface area contributed by atoms with Crippen molar-refractivity contribution >= 4 is 0 Å².